The molecule has 4 unspecified atom stereocenters. The Morgan fingerprint density at radius 3 is 2.24 bits per heavy atom. The van der Waals surface area contributed by atoms with E-state index in [-0.39, 0.29) is 38.4 Å². The van der Waals surface area contributed by atoms with Gasteiger partial charge in [0.15, 0.2) is 0 Å². The number of carbonyl (C=O) groups excluding carboxylic acids is 2. The minimum absolute atomic E-state index is 0.0172. The van der Waals surface area contributed by atoms with Gasteiger partial charge in [0.1, 0.15) is 25.1 Å². The number of ether oxygens (including phenoxy) is 4. The van der Waals surface area contributed by atoms with Crippen LogP contribution in [0.3, 0.4) is 0 Å². The molecule has 0 radical (unpaired) electrons. The first-order chi connectivity index (χ1) is 28.4. The van der Waals surface area contributed by atoms with Gasteiger partial charge in [0.2, 0.25) is 5.91 Å². The number of morpholine rings is 1. The summed E-state index contributed by atoms with van der Waals surface area (Å²) in [5.41, 5.74) is 4.44. The molecule has 0 aromatic heterocycles. The van der Waals surface area contributed by atoms with E-state index in [0.29, 0.717) is 26.1 Å². The maximum atomic E-state index is 14.5. The summed E-state index contributed by atoms with van der Waals surface area (Å²) < 4.78 is 22.9. The molecule has 4 aromatic carbocycles. The van der Waals surface area contributed by atoms with Crippen molar-refractivity contribution in [2.24, 2.45) is 5.92 Å². The van der Waals surface area contributed by atoms with Crippen LogP contribution in [0.15, 0.2) is 109 Å². The fraction of sp³-hybridized carbons (Fsp3) is 0.435. The van der Waals surface area contributed by atoms with E-state index < -0.39 is 42.4 Å². The van der Waals surface area contributed by atoms with Gasteiger partial charge in [0, 0.05) is 38.4 Å². The van der Waals surface area contributed by atoms with E-state index in [1.807, 2.05) is 109 Å². The number of rotatable bonds is 18. The molecule has 2 fully saturated rings. The van der Waals surface area contributed by atoms with Crippen LogP contribution in [-0.2, 0) is 49.7 Å². The summed E-state index contributed by atoms with van der Waals surface area (Å²) in [6.07, 6.45) is -1.72. The number of hydrogen-bond donors (Lipinski definition) is 3. The topological polar surface area (TPSA) is 139 Å². The van der Waals surface area contributed by atoms with Crippen molar-refractivity contribution in [3.05, 3.63) is 137 Å². The molecule has 7 rings (SSSR count). The summed E-state index contributed by atoms with van der Waals surface area (Å²) in [5, 5.41) is 27.7. The van der Waals surface area contributed by atoms with Crippen molar-refractivity contribution >= 4 is 12.0 Å². The van der Waals surface area contributed by atoms with Crippen molar-refractivity contribution in [2.75, 3.05) is 52.7 Å². The van der Waals surface area contributed by atoms with E-state index in [9.17, 15) is 19.8 Å². The lowest BCUT2D eigenvalue weighted by atomic mass is 9.88. The Balaban J connectivity index is 1.13. The lowest BCUT2D eigenvalue weighted by Gasteiger charge is -2.35. The normalized spacial score (nSPS) is 20.8. The van der Waals surface area contributed by atoms with Crippen molar-refractivity contribution in [1.29, 1.82) is 0 Å². The minimum Gasteiger partial charge on any atom is -0.492 e. The number of nitrogens with zero attached hydrogens (tertiary/aromatic N) is 2. The summed E-state index contributed by atoms with van der Waals surface area (Å²) in [6.45, 7) is 5.41. The third-order valence-corrected chi connectivity index (χ3v) is 11.2. The predicted molar refractivity (Wildman–Crippen MR) is 217 cm³/mol. The molecule has 0 bridgehead atoms. The fourth-order valence-corrected chi connectivity index (χ4v) is 7.91. The van der Waals surface area contributed by atoms with Crippen LogP contribution in [0, 0.1) is 5.92 Å². The largest absolute Gasteiger partial charge is 0.492 e. The second-order valence-corrected chi connectivity index (χ2v) is 15.3. The van der Waals surface area contributed by atoms with Gasteiger partial charge in [-0.1, -0.05) is 97.1 Å². The number of fused-ring (bicyclic) bond motifs is 1. The Morgan fingerprint density at radius 1 is 0.828 bits per heavy atom. The molecule has 2 aliphatic heterocycles. The average molecular weight is 794 g/mol. The number of amides is 2. The van der Waals surface area contributed by atoms with Crippen LogP contribution < -0.4 is 10.1 Å². The predicted octanol–water partition coefficient (Wildman–Crippen LogP) is 5.05. The van der Waals surface area contributed by atoms with Gasteiger partial charge in [-0.3, -0.25) is 14.5 Å². The Morgan fingerprint density at radius 2 is 1.52 bits per heavy atom. The first-order valence-electron chi connectivity index (χ1n) is 20.4. The van der Waals surface area contributed by atoms with Crippen LogP contribution >= 0.6 is 0 Å². The van der Waals surface area contributed by atoms with Gasteiger partial charge in [-0.25, -0.2) is 4.79 Å². The Hall–Kier alpha value is -4.82. The van der Waals surface area contributed by atoms with Crippen LogP contribution in [0.4, 0.5) is 4.79 Å². The molecular formula is C46H55N3O9. The zero-order chi connectivity index (χ0) is 40.1. The summed E-state index contributed by atoms with van der Waals surface area (Å²) >= 11 is 0. The molecular weight excluding hydrogens is 739 g/mol. The molecule has 2 saturated heterocycles. The molecule has 2 heterocycles. The standard InChI is InChI=1S/C46H55N3O9/c50-42(41(28-33-9-3-1-4-10-33)49(46(53)58-39-19-23-55-32-39)57-31-35-11-5-2-6-12-35)30-37(45(52)47-44-40-14-8-7-13-36(40)29-43(44)51)27-34-15-17-38(18-16-34)56-26-22-48-20-24-54-25-21-48/h1-18,37,39,41-44,50-51H,19-32H2,(H,47,52)/t37?,39?,41?,42?,43-,44-/m0/s1. The molecule has 0 saturated carbocycles. The number of hydroxylamine groups is 2. The molecule has 1 aliphatic carbocycles. The smallest absolute Gasteiger partial charge is 0.434 e. The van der Waals surface area contributed by atoms with Crippen LogP contribution in [0.5, 0.6) is 5.75 Å². The molecule has 58 heavy (non-hydrogen) atoms. The van der Waals surface area contributed by atoms with E-state index >= 15 is 0 Å². The van der Waals surface area contributed by atoms with Crippen molar-refractivity contribution in [3.8, 4) is 5.75 Å². The maximum Gasteiger partial charge on any atom is 0.434 e. The van der Waals surface area contributed by atoms with Gasteiger partial charge in [-0.2, -0.15) is 5.06 Å². The number of aliphatic hydroxyl groups is 2. The molecule has 6 atom stereocenters. The first-order valence-corrected chi connectivity index (χ1v) is 20.4. The highest BCUT2D eigenvalue weighted by molar-refractivity contribution is 5.80. The van der Waals surface area contributed by atoms with Gasteiger partial charge < -0.3 is 34.5 Å². The molecule has 3 aliphatic rings. The minimum atomic E-state index is -1.23. The number of aliphatic hydroxyl groups excluding tert-OH is 2. The highest BCUT2D eigenvalue weighted by Gasteiger charge is 2.39. The van der Waals surface area contributed by atoms with Crippen LogP contribution in [-0.4, -0.2) is 109 Å². The quantitative estimate of drug-likeness (QED) is 0.117. The monoisotopic (exact) mass is 793 g/mol. The van der Waals surface area contributed by atoms with Gasteiger partial charge in [0.25, 0.3) is 0 Å². The average Bonchev–Trinajstić information content (AvgIpc) is 3.88. The lowest BCUT2D eigenvalue weighted by Crippen LogP contribution is -2.50. The highest BCUT2D eigenvalue weighted by Crippen LogP contribution is 2.32. The third-order valence-electron chi connectivity index (χ3n) is 11.2. The summed E-state index contributed by atoms with van der Waals surface area (Å²) in [6, 6.07) is 32.9. The lowest BCUT2D eigenvalue weighted by molar-refractivity contribution is -0.194. The van der Waals surface area contributed by atoms with Gasteiger partial charge in [0.05, 0.1) is 50.7 Å². The van der Waals surface area contributed by atoms with E-state index in [1.165, 1.54) is 0 Å². The zero-order valence-corrected chi connectivity index (χ0v) is 32.9. The Bertz CT molecular complexity index is 1870. The zero-order valence-electron chi connectivity index (χ0n) is 32.9. The number of benzene rings is 4. The van der Waals surface area contributed by atoms with Crippen molar-refractivity contribution in [1.82, 2.24) is 15.3 Å². The summed E-state index contributed by atoms with van der Waals surface area (Å²) in [7, 11) is 0. The SMILES string of the molecule is O=C(N[C@H]1c2ccccc2C[C@@H]1O)C(Cc1ccc(OCCN2CCOCC2)cc1)CC(O)C(Cc1ccccc1)N(OCc1ccccc1)C(=O)OC1CCOC1. The highest BCUT2D eigenvalue weighted by atomic mass is 16.7. The molecule has 4 aromatic rings. The number of nitrogens with one attached hydrogen (secondary N) is 1. The number of carbonyl (C=O) groups is 2. The van der Waals surface area contributed by atoms with E-state index in [1.54, 1.807) is 0 Å². The number of hydrogen-bond acceptors (Lipinski definition) is 10. The van der Waals surface area contributed by atoms with Crippen molar-refractivity contribution < 1.29 is 43.6 Å². The van der Waals surface area contributed by atoms with Gasteiger partial charge in [-0.05, 0) is 59.2 Å². The van der Waals surface area contributed by atoms with Crippen LogP contribution in [0.1, 0.15) is 46.7 Å². The summed E-state index contributed by atoms with van der Waals surface area (Å²) in [4.78, 5) is 37.1. The van der Waals surface area contributed by atoms with Crippen LogP contribution in [0.25, 0.3) is 0 Å². The van der Waals surface area contributed by atoms with Gasteiger partial charge >= 0.3 is 6.09 Å². The summed E-state index contributed by atoms with van der Waals surface area (Å²) in [5.74, 6) is -0.341. The molecule has 0 spiro atoms. The fourth-order valence-electron chi connectivity index (χ4n) is 7.91. The Labute approximate surface area is 340 Å². The molecule has 2 amide bonds. The second-order valence-electron chi connectivity index (χ2n) is 15.3. The molecule has 12 heteroatoms. The van der Waals surface area contributed by atoms with Crippen molar-refractivity contribution in [3.63, 3.8) is 0 Å². The molecule has 12 nitrogen and oxygen atoms in total. The Kier molecular flexibility index (Phi) is 14.8. The van der Waals surface area contributed by atoms with Crippen LogP contribution in [0.2, 0.25) is 0 Å². The van der Waals surface area contributed by atoms with Gasteiger partial charge in [-0.15, -0.1) is 0 Å². The van der Waals surface area contributed by atoms with E-state index in [0.717, 1.165) is 71.5 Å². The molecule has 308 valence electrons. The van der Waals surface area contributed by atoms with Crippen molar-refractivity contribution in [2.45, 2.75) is 69.1 Å². The third kappa shape index (κ3) is 11.4. The maximum absolute atomic E-state index is 14.5. The second kappa shape index (κ2) is 20.7. The van der Waals surface area contributed by atoms with E-state index in [4.69, 9.17) is 23.8 Å². The van der Waals surface area contributed by atoms with E-state index in [2.05, 4.69) is 10.2 Å². The molecule has 3 N–H and O–H groups in total. The first kappa shape index (κ1) is 41.3.